The van der Waals surface area contributed by atoms with E-state index in [0.717, 1.165) is 56.3 Å². The summed E-state index contributed by atoms with van der Waals surface area (Å²) in [7, 11) is 0. The van der Waals surface area contributed by atoms with Gasteiger partial charge < -0.3 is 15.0 Å². The first-order valence-electron chi connectivity index (χ1n) is 9.09. The van der Waals surface area contributed by atoms with Crippen molar-refractivity contribution in [1.29, 1.82) is 0 Å². The Bertz CT molecular complexity index is 646. The fourth-order valence-corrected chi connectivity index (χ4v) is 4.06. The number of ether oxygens (including phenoxy) is 1. The molecular weight excluding hydrogens is 304 g/mol. The largest absolute Gasteiger partial charge is 0.368 e. The van der Waals surface area contributed by atoms with E-state index in [1.165, 1.54) is 5.56 Å². The third-order valence-corrected chi connectivity index (χ3v) is 5.45. The molecule has 24 heavy (non-hydrogen) atoms. The van der Waals surface area contributed by atoms with Gasteiger partial charge in [-0.1, -0.05) is 18.9 Å². The third kappa shape index (κ3) is 2.93. The lowest BCUT2D eigenvalue weighted by Gasteiger charge is -2.21. The molecule has 4 rings (SSSR count). The standard InChI is InChI=1S/C19H24N2O3/c22-18(14-4-1-2-5-14)20-15-8-7-13-9-10-21(16(13)12-15)19(23)17-6-3-11-24-17/h7-8,12,14,17H,1-6,9-11H2,(H,20,22). The Morgan fingerprint density at radius 1 is 1.12 bits per heavy atom. The second-order valence-corrected chi connectivity index (χ2v) is 7.06. The van der Waals surface area contributed by atoms with Crippen molar-refractivity contribution in [2.75, 3.05) is 23.4 Å². The molecule has 3 aliphatic rings. The van der Waals surface area contributed by atoms with Gasteiger partial charge >= 0.3 is 0 Å². The van der Waals surface area contributed by atoms with Gasteiger partial charge in [0.15, 0.2) is 0 Å². The van der Waals surface area contributed by atoms with Crippen LogP contribution in [0.5, 0.6) is 0 Å². The maximum absolute atomic E-state index is 12.7. The first-order valence-corrected chi connectivity index (χ1v) is 9.09. The average molecular weight is 328 g/mol. The number of carbonyl (C=O) groups excluding carboxylic acids is 2. The van der Waals surface area contributed by atoms with Crippen molar-refractivity contribution in [2.45, 2.75) is 51.0 Å². The number of hydrogen-bond acceptors (Lipinski definition) is 3. The number of nitrogens with one attached hydrogen (secondary N) is 1. The molecule has 0 bridgehead atoms. The Hall–Kier alpha value is -1.88. The van der Waals surface area contributed by atoms with Gasteiger partial charge in [-0.2, -0.15) is 0 Å². The zero-order valence-corrected chi connectivity index (χ0v) is 13.9. The molecule has 5 nitrogen and oxygen atoms in total. The lowest BCUT2D eigenvalue weighted by Crippen LogP contribution is -2.37. The summed E-state index contributed by atoms with van der Waals surface area (Å²) < 4.78 is 5.54. The van der Waals surface area contributed by atoms with Crippen molar-refractivity contribution in [3.05, 3.63) is 23.8 Å². The van der Waals surface area contributed by atoms with Crippen LogP contribution in [-0.2, 0) is 20.7 Å². The van der Waals surface area contributed by atoms with Crippen LogP contribution in [0.4, 0.5) is 11.4 Å². The maximum Gasteiger partial charge on any atom is 0.256 e. The number of anilines is 2. The summed E-state index contributed by atoms with van der Waals surface area (Å²) in [6.07, 6.45) is 6.59. The summed E-state index contributed by atoms with van der Waals surface area (Å²) in [6, 6.07) is 5.93. The summed E-state index contributed by atoms with van der Waals surface area (Å²) in [5.41, 5.74) is 2.89. The first-order chi connectivity index (χ1) is 11.7. The van der Waals surface area contributed by atoms with Crippen molar-refractivity contribution < 1.29 is 14.3 Å². The highest BCUT2D eigenvalue weighted by atomic mass is 16.5. The van der Waals surface area contributed by atoms with Crippen molar-refractivity contribution >= 4 is 23.2 Å². The van der Waals surface area contributed by atoms with Crippen LogP contribution in [0.15, 0.2) is 18.2 Å². The highest BCUT2D eigenvalue weighted by Crippen LogP contribution is 2.33. The minimum Gasteiger partial charge on any atom is -0.368 e. The van der Waals surface area contributed by atoms with Gasteiger partial charge in [-0.15, -0.1) is 0 Å². The van der Waals surface area contributed by atoms with Crippen LogP contribution in [0, 0.1) is 5.92 Å². The van der Waals surface area contributed by atoms with E-state index >= 15 is 0 Å². The molecule has 2 heterocycles. The number of amides is 2. The molecule has 1 unspecified atom stereocenters. The van der Waals surface area contributed by atoms with Gasteiger partial charge in [0.25, 0.3) is 5.91 Å². The topological polar surface area (TPSA) is 58.6 Å². The lowest BCUT2D eigenvalue weighted by atomic mass is 10.1. The van der Waals surface area contributed by atoms with Crippen LogP contribution < -0.4 is 10.2 Å². The molecule has 1 saturated heterocycles. The fourth-order valence-electron chi connectivity index (χ4n) is 4.06. The minimum absolute atomic E-state index is 0.0607. The molecule has 1 N–H and O–H groups in total. The summed E-state index contributed by atoms with van der Waals surface area (Å²) in [5, 5.41) is 3.03. The number of carbonyl (C=O) groups is 2. The Labute approximate surface area is 142 Å². The zero-order valence-electron chi connectivity index (χ0n) is 13.9. The van der Waals surface area contributed by atoms with Crippen molar-refractivity contribution in [2.24, 2.45) is 5.92 Å². The Kier molecular flexibility index (Phi) is 4.27. The first kappa shape index (κ1) is 15.6. The van der Waals surface area contributed by atoms with E-state index in [2.05, 4.69) is 5.32 Å². The Balaban J connectivity index is 1.50. The van der Waals surface area contributed by atoms with E-state index in [1.54, 1.807) is 0 Å². The van der Waals surface area contributed by atoms with E-state index < -0.39 is 0 Å². The predicted octanol–water partition coefficient (Wildman–Crippen LogP) is 2.88. The van der Waals surface area contributed by atoms with Crippen LogP contribution in [0.2, 0.25) is 0 Å². The third-order valence-electron chi connectivity index (χ3n) is 5.45. The molecular formula is C19H24N2O3. The quantitative estimate of drug-likeness (QED) is 0.928. The van der Waals surface area contributed by atoms with Gasteiger partial charge in [0.05, 0.1) is 0 Å². The van der Waals surface area contributed by atoms with Crippen LogP contribution in [0.1, 0.15) is 44.1 Å². The van der Waals surface area contributed by atoms with Gasteiger partial charge in [0.2, 0.25) is 5.91 Å². The number of nitrogens with zero attached hydrogens (tertiary/aromatic N) is 1. The zero-order chi connectivity index (χ0) is 16.5. The van der Waals surface area contributed by atoms with Crippen molar-refractivity contribution in [3.63, 3.8) is 0 Å². The summed E-state index contributed by atoms with van der Waals surface area (Å²) in [4.78, 5) is 26.8. The monoisotopic (exact) mass is 328 g/mol. The second-order valence-electron chi connectivity index (χ2n) is 7.06. The molecule has 0 radical (unpaired) electrons. The molecule has 1 aromatic carbocycles. The summed E-state index contributed by atoms with van der Waals surface area (Å²) in [6.45, 7) is 1.38. The van der Waals surface area contributed by atoms with Crippen LogP contribution >= 0.6 is 0 Å². The molecule has 1 saturated carbocycles. The SMILES string of the molecule is O=C(Nc1ccc2c(c1)N(C(=O)C1CCCO1)CC2)C1CCCC1. The van der Waals surface area contributed by atoms with Gasteiger partial charge in [-0.3, -0.25) is 9.59 Å². The summed E-state index contributed by atoms with van der Waals surface area (Å²) >= 11 is 0. The van der Waals surface area contributed by atoms with E-state index in [4.69, 9.17) is 4.74 Å². The van der Waals surface area contributed by atoms with E-state index in [9.17, 15) is 9.59 Å². The van der Waals surface area contributed by atoms with Crippen LogP contribution in [0.3, 0.4) is 0 Å². The Morgan fingerprint density at radius 3 is 2.71 bits per heavy atom. The minimum atomic E-state index is -0.298. The molecule has 0 spiro atoms. The molecule has 1 aromatic rings. The summed E-state index contributed by atoms with van der Waals surface area (Å²) in [5.74, 6) is 0.316. The van der Waals surface area contributed by atoms with E-state index in [1.807, 2.05) is 23.1 Å². The highest BCUT2D eigenvalue weighted by Gasteiger charge is 2.33. The van der Waals surface area contributed by atoms with Crippen LogP contribution in [-0.4, -0.2) is 31.1 Å². The molecule has 128 valence electrons. The number of benzene rings is 1. The van der Waals surface area contributed by atoms with Gasteiger partial charge in [-0.05, 0) is 49.8 Å². The van der Waals surface area contributed by atoms with Crippen LogP contribution in [0.25, 0.3) is 0 Å². The molecule has 0 aromatic heterocycles. The molecule has 1 aliphatic carbocycles. The highest BCUT2D eigenvalue weighted by molar-refractivity contribution is 6.00. The molecule has 2 amide bonds. The maximum atomic E-state index is 12.7. The molecule has 5 heteroatoms. The van der Waals surface area contributed by atoms with Gasteiger partial charge in [0, 0.05) is 30.4 Å². The van der Waals surface area contributed by atoms with E-state index in [-0.39, 0.29) is 23.8 Å². The smallest absolute Gasteiger partial charge is 0.256 e. The number of fused-ring (bicyclic) bond motifs is 1. The van der Waals surface area contributed by atoms with Crippen molar-refractivity contribution in [3.8, 4) is 0 Å². The molecule has 2 aliphatic heterocycles. The fraction of sp³-hybridized carbons (Fsp3) is 0.579. The Morgan fingerprint density at radius 2 is 1.96 bits per heavy atom. The molecule has 2 fully saturated rings. The molecule has 1 atom stereocenters. The van der Waals surface area contributed by atoms with Gasteiger partial charge in [-0.25, -0.2) is 0 Å². The lowest BCUT2D eigenvalue weighted by molar-refractivity contribution is -0.127. The average Bonchev–Trinajstić information content (AvgIpc) is 3.33. The predicted molar refractivity (Wildman–Crippen MR) is 92.1 cm³/mol. The second kappa shape index (κ2) is 6.55. The van der Waals surface area contributed by atoms with Crippen molar-refractivity contribution in [1.82, 2.24) is 0 Å². The van der Waals surface area contributed by atoms with E-state index in [0.29, 0.717) is 13.2 Å². The van der Waals surface area contributed by atoms with Gasteiger partial charge in [0.1, 0.15) is 6.10 Å². The number of hydrogen-bond donors (Lipinski definition) is 1. The number of rotatable bonds is 3. The normalized spacial score (nSPS) is 23.5.